The zero-order valence-corrected chi connectivity index (χ0v) is 40.2. The minimum Gasteiger partial charge on any atom is -0.508 e. The highest BCUT2D eigenvalue weighted by Crippen LogP contribution is 2.28. The van der Waals surface area contributed by atoms with Crippen LogP contribution in [0.2, 0.25) is 0 Å². The molecule has 0 aromatic heterocycles. The Hall–Kier alpha value is -6.66. The van der Waals surface area contributed by atoms with Crippen LogP contribution < -0.4 is 54.4 Å². The van der Waals surface area contributed by atoms with Crippen molar-refractivity contribution in [2.45, 2.75) is 134 Å². The fourth-order valence-electron chi connectivity index (χ4n) is 7.25. The van der Waals surface area contributed by atoms with Crippen molar-refractivity contribution in [2.24, 2.45) is 29.0 Å². The van der Waals surface area contributed by atoms with E-state index in [0.29, 0.717) is 24.8 Å². The molecule has 11 amide bonds. The van der Waals surface area contributed by atoms with Crippen LogP contribution in [0.25, 0.3) is 0 Å². The molecule has 24 nitrogen and oxygen atoms in total. The molecule has 1 unspecified atom stereocenters. The minimum atomic E-state index is -1.86. The first-order valence-electron chi connectivity index (χ1n) is 22.8. The van der Waals surface area contributed by atoms with E-state index in [1.807, 2.05) is 0 Å². The second kappa shape index (κ2) is 27.4. The third kappa shape index (κ3) is 19.8. The minimum absolute atomic E-state index is 0.0551. The number of primary amides is 3. The van der Waals surface area contributed by atoms with Gasteiger partial charge in [-0.2, -0.15) is 0 Å². The number of hydrogen-bond donors (Lipinski definition) is 11. The van der Waals surface area contributed by atoms with Gasteiger partial charge in [-0.05, 0) is 61.6 Å². The molecule has 69 heavy (non-hydrogen) atoms. The third-order valence-corrected chi connectivity index (χ3v) is 12.7. The van der Waals surface area contributed by atoms with Crippen molar-refractivity contribution in [3.63, 3.8) is 0 Å². The molecule has 1 saturated carbocycles. The van der Waals surface area contributed by atoms with Gasteiger partial charge in [0.2, 0.25) is 65.0 Å². The highest BCUT2D eigenvalue weighted by Gasteiger charge is 2.40. The number of carbonyl (C=O) groups excluding carboxylic acids is 11. The number of hydrogen-bond acceptors (Lipinski definition) is 13. The molecule has 0 radical (unpaired) electrons. The van der Waals surface area contributed by atoms with Crippen molar-refractivity contribution < 1.29 is 62.1 Å². The lowest BCUT2D eigenvalue weighted by atomic mass is 9.96. The molecule has 2 fully saturated rings. The summed E-state index contributed by atoms with van der Waals surface area (Å²) in [5, 5.41) is 27.4. The van der Waals surface area contributed by atoms with Gasteiger partial charge in [0.15, 0.2) is 0 Å². The van der Waals surface area contributed by atoms with Crippen LogP contribution in [0.15, 0.2) is 24.3 Å². The second-order valence-corrected chi connectivity index (χ2v) is 19.4. The molecule has 14 N–H and O–H groups in total. The number of phenolic OH excluding ortho intramolecular Hbond substituents is 1. The molecule has 8 atom stereocenters. The molecular formula is C44H67N11O13S. The largest absolute Gasteiger partial charge is 0.508 e. The fraction of sp³-hybridized carbons (Fsp3) is 0.614. The van der Waals surface area contributed by atoms with Gasteiger partial charge in [-0.3, -0.25) is 56.9 Å². The highest BCUT2D eigenvalue weighted by molar-refractivity contribution is 7.85. The van der Waals surface area contributed by atoms with Crippen LogP contribution in [0, 0.1) is 11.8 Å². The van der Waals surface area contributed by atoms with E-state index >= 15 is 0 Å². The molecular weight excluding hydrogens is 923 g/mol. The number of amides is 11. The maximum atomic E-state index is 14.5. The molecule has 0 spiro atoms. The van der Waals surface area contributed by atoms with Gasteiger partial charge in [0.25, 0.3) is 0 Å². The lowest BCUT2D eigenvalue weighted by Gasteiger charge is -2.30. The number of aromatic hydroxyl groups is 1. The first-order valence-corrected chi connectivity index (χ1v) is 24.3. The van der Waals surface area contributed by atoms with E-state index in [9.17, 15) is 62.1 Å². The van der Waals surface area contributed by atoms with Gasteiger partial charge in [-0.1, -0.05) is 46.2 Å². The van der Waals surface area contributed by atoms with Crippen LogP contribution in [-0.2, 0) is 70.0 Å². The fourth-order valence-corrected chi connectivity index (χ4v) is 8.37. The van der Waals surface area contributed by atoms with Crippen LogP contribution in [-0.4, -0.2) is 146 Å². The number of rotatable bonds is 19. The van der Waals surface area contributed by atoms with E-state index in [1.165, 1.54) is 29.2 Å². The Bertz CT molecular complexity index is 2090. The first-order chi connectivity index (χ1) is 32.5. The van der Waals surface area contributed by atoms with E-state index in [1.54, 1.807) is 27.7 Å². The van der Waals surface area contributed by atoms with Crippen molar-refractivity contribution in [3.05, 3.63) is 29.8 Å². The standard InChI is InChI=1S/C44H67N11O13S/c1-5-24(4)38-43(66)51-28(12-13-33(45)57)40(63)53-32(20-34(46)58)41(64)52-29(14-16-69(68)17-15-36(60)49-31(42(65)54-38)19-25-6-10-27(56)11-7-25)44(67)55(26-8-9-26)22-37(61)50-30(18-23(2)3)39(62)48-21-35(47)59/h6-7,10-11,23-24,26,28-32,38,56H,5,8-9,12-22H2,1-4H3,(H2,45,57)(H2,46,58)(H2,47,59)(H,48,62)(H,49,60)(H,50,61)(H,51,66)(H,52,64)(H,53,63)(H,54,65)/t24-,28-,29-,30-,31-,32-,38-,69?/m0/s1. The Labute approximate surface area is 402 Å². The zero-order chi connectivity index (χ0) is 51.5. The molecule has 1 heterocycles. The van der Waals surface area contributed by atoms with Gasteiger partial charge in [-0.25, -0.2) is 0 Å². The van der Waals surface area contributed by atoms with Crippen LogP contribution in [0.5, 0.6) is 5.75 Å². The number of nitrogens with two attached hydrogens (primary N) is 3. The summed E-state index contributed by atoms with van der Waals surface area (Å²) in [6.45, 7) is 5.88. The topological polar surface area (TPSA) is 391 Å². The Kier molecular flexibility index (Phi) is 22.5. The van der Waals surface area contributed by atoms with Gasteiger partial charge in [0.05, 0.1) is 19.5 Å². The molecule has 3 rings (SSSR count). The molecule has 1 saturated heterocycles. The molecule has 1 aromatic rings. The first kappa shape index (κ1) is 56.7. The van der Waals surface area contributed by atoms with Crippen molar-refractivity contribution in [1.29, 1.82) is 0 Å². The number of carbonyl (C=O) groups is 11. The summed E-state index contributed by atoms with van der Waals surface area (Å²) in [5.41, 5.74) is 16.6. The predicted octanol–water partition coefficient (Wildman–Crippen LogP) is -3.79. The van der Waals surface area contributed by atoms with Crippen molar-refractivity contribution >= 4 is 75.8 Å². The molecule has 382 valence electrons. The average Bonchev–Trinajstić information content (AvgIpc) is 4.13. The van der Waals surface area contributed by atoms with Crippen molar-refractivity contribution in [2.75, 3.05) is 24.6 Å². The Morgan fingerprint density at radius 2 is 1.41 bits per heavy atom. The van der Waals surface area contributed by atoms with Gasteiger partial charge in [-0.15, -0.1) is 0 Å². The quantitative estimate of drug-likeness (QED) is 0.0635. The number of phenols is 1. The Morgan fingerprint density at radius 1 is 0.783 bits per heavy atom. The normalized spacial score (nSPS) is 23.1. The van der Waals surface area contributed by atoms with Crippen LogP contribution in [0.1, 0.15) is 91.0 Å². The molecule has 1 aliphatic carbocycles. The van der Waals surface area contributed by atoms with E-state index in [0.717, 1.165) is 0 Å². The molecule has 2 aliphatic rings. The van der Waals surface area contributed by atoms with E-state index in [4.69, 9.17) is 17.2 Å². The summed E-state index contributed by atoms with van der Waals surface area (Å²) < 4.78 is 13.5. The predicted molar refractivity (Wildman–Crippen MR) is 249 cm³/mol. The Morgan fingerprint density at radius 3 is 1.99 bits per heavy atom. The number of benzene rings is 1. The summed E-state index contributed by atoms with van der Waals surface area (Å²) in [7, 11) is -1.86. The van der Waals surface area contributed by atoms with Gasteiger partial charge in [0.1, 0.15) is 42.0 Å². The second-order valence-electron chi connectivity index (χ2n) is 17.7. The van der Waals surface area contributed by atoms with Crippen LogP contribution >= 0.6 is 0 Å². The van der Waals surface area contributed by atoms with Crippen LogP contribution in [0.4, 0.5) is 0 Å². The lowest BCUT2D eigenvalue weighted by molar-refractivity contribution is -0.141. The highest BCUT2D eigenvalue weighted by atomic mass is 32.2. The summed E-state index contributed by atoms with van der Waals surface area (Å²) in [4.78, 5) is 147. The molecule has 1 aromatic carbocycles. The number of nitrogens with zero attached hydrogens (tertiary/aromatic N) is 1. The van der Waals surface area contributed by atoms with E-state index in [-0.39, 0.29) is 48.9 Å². The van der Waals surface area contributed by atoms with Crippen molar-refractivity contribution in [1.82, 2.24) is 42.1 Å². The zero-order valence-electron chi connectivity index (χ0n) is 39.3. The van der Waals surface area contributed by atoms with E-state index < -0.39 is 156 Å². The summed E-state index contributed by atoms with van der Waals surface area (Å²) in [5.74, 6) is -10.9. The molecule has 0 bridgehead atoms. The van der Waals surface area contributed by atoms with Crippen molar-refractivity contribution in [3.8, 4) is 5.75 Å². The maximum absolute atomic E-state index is 14.5. The lowest BCUT2D eigenvalue weighted by Crippen LogP contribution is -2.61. The van der Waals surface area contributed by atoms with E-state index in [2.05, 4.69) is 37.2 Å². The SMILES string of the molecule is CC[C@H](C)[C@@H]1NC(=O)[C@H](Cc2ccc(O)cc2)NC(=O)CCS(=O)CC[C@@H](C(=O)N(CC(=O)N[C@@H](CC(C)C)C(=O)NCC(N)=O)C2CC2)NC(=O)[C@H](CC(N)=O)NC(=O)[C@H](CCC(N)=O)NC1=O. The van der Waals surface area contributed by atoms with Gasteiger partial charge >= 0.3 is 0 Å². The number of nitrogens with one attached hydrogen (secondary N) is 7. The molecule has 25 heteroatoms. The molecule has 1 aliphatic heterocycles. The van der Waals surface area contributed by atoms with Crippen LogP contribution in [0.3, 0.4) is 0 Å². The third-order valence-electron chi connectivity index (χ3n) is 11.4. The maximum Gasteiger partial charge on any atom is 0.245 e. The summed E-state index contributed by atoms with van der Waals surface area (Å²) in [6.07, 6.45) is -1.12. The average molecular weight is 990 g/mol. The monoisotopic (exact) mass is 989 g/mol. The summed E-state index contributed by atoms with van der Waals surface area (Å²) >= 11 is 0. The Balaban J connectivity index is 2.05. The smallest absolute Gasteiger partial charge is 0.245 e. The van der Waals surface area contributed by atoms with Gasteiger partial charge in [0, 0.05) is 47.6 Å². The summed E-state index contributed by atoms with van der Waals surface area (Å²) in [6, 6.07) is -3.41. The van der Waals surface area contributed by atoms with Gasteiger partial charge < -0.3 is 64.4 Å².